The largest absolute Gasteiger partial charge is 0.478 e. The van der Waals surface area contributed by atoms with E-state index in [0.717, 1.165) is 22.6 Å². The number of nitrogens with one attached hydrogen (secondary N) is 1. The van der Waals surface area contributed by atoms with Crippen LogP contribution in [-0.2, 0) is 13.0 Å². The van der Waals surface area contributed by atoms with Crippen molar-refractivity contribution in [3.63, 3.8) is 0 Å². The number of aromatic carboxylic acids is 1. The second-order valence-corrected chi connectivity index (χ2v) is 6.41. The van der Waals surface area contributed by atoms with Crippen LogP contribution >= 0.6 is 11.6 Å². The predicted molar refractivity (Wildman–Crippen MR) is 89.5 cm³/mol. The van der Waals surface area contributed by atoms with Gasteiger partial charge in [-0.15, -0.1) is 0 Å². The van der Waals surface area contributed by atoms with Crippen LogP contribution in [0.4, 0.5) is 0 Å². The monoisotopic (exact) mass is 317 g/mol. The van der Waals surface area contributed by atoms with Gasteiger partial charge in [0.2, 0.25) is 0 Å². The van der Waals surface area contributed by atoms with Crippen molar-refractivity contribution in [2.45, 2.75) is 32.4 Å². The van der Waals surface area contributed by atoms with Gasteiger partial charge in [-0.25, -0.2) is 4.79 Å². The zero-order chi connectivity index (χ0) is 16.2. The Kier molecular flexibility index (Phi) is 5.22. The molecule has 0 aromatic heterocycles. The van der Waals surface area contributed by atoms with Gasteiger partial charge < -0.3 is 10.4 Å². The highest BCUT2D eigenvalue weighted by Gasteiger charge is 2.19. The van der Waals surface area contributed by atoms with Crippen LogP contribution in [0.3, 0.4) is 0 Å². The topological polar surface area (TPSA) is 49.3 Å². The third kappa shape index (κ3) is 4.58. The summed E-state index contributed by atoms with van der Waals surface area (Å²) in [6, 6.07) is 14.8. The van der Waals surface area contributed by atoms with Gasteiger partial charge >= 0.3 is 5.97 Å². The Labute approximate surface area is 135 Å². The van der Waals surface area contributed by atoms with Crippen molar-refractivity contribution in [2.24, 2.45) is 0 Å². The number of carbonyl (C=O) groups is 1. The van der Waals surface area contributed by atoms with E-state index in [1.54, 1.807) is 12.1 Å². The fourth-order valence-corrected chi connectivity index (χ4v) is 2.49. The highest BCUT2D eigenvalue weighted by molar-refractivity contribution is 6.31. The molecule has 4 heteroatoms. The zero-order valence-corrected chi connectivity index (χ0v) is 13.5. The summed E-state index contributed by atoms with van der Waals surface area (Å²) in [5.74, 6) is -0.904. The molecule has 2 N–H and O–H groups in total. The second-order valence-electron chi connectivity index (χ2n) is 6.01. The summed E-state index contributed by atoms with van der Waals surface area (Å²) in [6.45, 7) is 4.93. The van der Waals surface area contributed by atoms with Gasteiger partial charge in [0.25, 0.3) is 0 Å². The standard InChI is InChI=1S/C18H20ClNO2/c1-18(2,11-15-5-3-4-6-16(15)19)20-12-13-7-9-14(10-8-13)17(21)22/h3-10,20H,11-12H2,1-2H3,(H,21,22). The molecule has 2 rings (SSSR count). The second kappa shape index (κ2) is 6.95. The van der Waals surface area contributed by atoms with Crippen LogP contribution in [0.15, 0.2) is 48.5 Å². The molecule has 22 heavy (non-hydrogen) atoms. The smallest absolute Gasteiger partial charge is 0.335 e. The summed E-state index contributed by atoms with van der Waals surface area (Å²) >= 11 is 6.21. The van der Waals surface area contributed by atoms with E-state index in [1.165, 1.54) is 0 Å². The molecule has 0 fully saturated rings. The maximum Gasteiger partial charge on any atom is 0.335 e. The molecule has 0 saturated carbocycles. The van der Waals surface area contributed by atoms with Gasteiger partial charge in [-0.3, -0.25) is 0 Å². The Morgan fingerprint density at radius 1 is 1.14 bits per heavy atom. The number of hydrogen-bond donors (Lipinski definition) is 2. The van der Waals surface area contributed by atoms with Gasteiger partial charge in [-0.2, -0.15) is 0 Å². The van der Waals surface area contributed by atoms with E-state index >= 15 is 0 Å². The summed E-state index contributed by atoms with van der Waals surface area (Å²) in [5, 5.41) is 13.2. The highest BCUT2D eigenvalue weighted by atomic mass is 35.5. The summed E-state index contributed by atoms with van der Waals surface area (Å²) in [4.78, 5) is 10.8. The molecule has 2 aromatic rings. The molecule has 3 nitrogen and oxygen atoms in total. The van der Waals surface area contributed by atoms with Gasteiger partial charge in [0.05, 0.1) is 5.56 Å². The summed E-state index contributed by atoms with van der Waals surface area (Å²) in [6.07, 6.45) is 0.819. The summed E-state index contributed by atoms with van der Waals surface area (Å²) in [7, 11) is 0. The van der Waals surface area contributed by atoms with Crippen molar-refractivity contribution in [3.05, 3.63) is 70.2 Å². The quantitative estimate of drug-likeness (QED) is 0.841. The van der Waals surface area contributed by atoms with Crippen molar-refractivity contribution >= 4 is 17.6 Å². The lowest BCUT2D eigenvalue weighted by molar-refractivity contribution is 0.0697. The molecule has 0 saturated heterocycles. The average Bonchev–Trinajstić information content (AvgIpc) is 2.48. The fraction of sp³-hybridized carbons (Fsp3) is 0.278. The molecule has 0 aliphatic rings. The molecule has 0 bridgehead atoms. The first kappa shape index (κ1) is 16.5. The maximum atomic E-state index is 10.8. The Morgan fingerprint density at radius 2 is 1.77 bits per heavy atom. The molecular weight excluding hydrogens is 298 g/mol. The van der Waals surface area contributed by atoms with Crippen molar-refractivity contribution in [1.82, 2.24) is 5.32 Å². The molecule has 0 aliphatic heterocycles. The van der Waals surface area contributed by atoms with Crippen LogP contribution in [0.5, 0.6) is 0 Å². The molecule has 0 spiro atoms. The van der Waals surface area contributed by atoms with Crippen LogP contribution < -0.4 is 5.32 Å². The molecule has 116 valence electrons. The van der Waals surface area contributed by atoms with E-state index in [9.17, 15) is 4.79 Å². The lowest BCUT2D eigenvalue weighted by Gasteiger charge is -2.27. The molecule has 0 unspecified atom stereocenters. The third-order valence-corrected chi connectivity index (χ3v) is 3.93. The molecular formula is C18H20ClNO2. The normalized spacial score (nSPS) is 11.4. The number of rotatable bonds is 6. The van der Waals surface area contributed by atoms with Crippen LogP contribution in [-0.4, -0.2) is 16.6 Å². The van der Waals surface area contributed by atoms with E-state index in [1.807, 2.05) is 36.4 Å². The van der Waals surface area contributed by atoms with Crippen LogP contribution in [0.1, 0.15) is 35.3 Å². The van der Waals surface area contributed by atoms with Gasteiger partial charge in [0, 0.05) is 17.1 Å². The third-order valence-electron chi connectivity index (χ3n) is 3.56. The van der Waals surface area contributed by atoms with E-state index in [-0.39, 0.29) is 5.54 Å². The van der Waals surface area contributed by atoms with Crippen molar-refractivity contribution in [2.75, 3.05) is 0 Å². The first-order valence-electron chi connectivity index (χ1n) is 7.18. The molecule has 0 aliphatic carbocycles. The van der Waals surface area contributed by atoms with Crippen LogP contribution in [0.25, 0.3) is 0 Å². The number of hydrogen-bond acceptors (Lipinski definition) is 2. The fourth-order valence-electron chi connectivity index (χ4n) is 2.29. The molecule has 0 radical (unpaired) electrons. The molecule has 0 atom stereocenters. The van der Waals surface area contributed by atoms with E-state index in [0.29, 0.717) is 12.1 Å². The van der Waals surface area contributed by atoms with Gasteiger partial charge in [0.15, 0.2) is 0 Å². The van der Waals surface area contributed by atoms with Crippen molar-refractivity contribution < 1.29 is 9.90 Å². The minimum atomic E-state index is -0.904. The number of benzene rings is 2. The number of carboxylic acid groups (broad SMARTS) is 1. The van der Waals surface area contributed by atoms with Crippen LogP contribution in [0.2, 0.25) is 5.02 Å². The first-order valence-corrected chi connectivity index (χ1v) is 7.56. The average molecular weight is 318 g/mol. The highest BCUT2D eigenvalue weighted by Crippen LogP contribution is 2.21. The van der Waals surface area contributed by atoms with Crippen LogP contribution in [0, 0.1) is 0 Å². The van der Waals surface area contributed by atoms with E-state index < -0.39 is 5.97 Å². The minimum Gasteiger partial charge on any atom is -0.478 e. The number of carboxylic acids is 1. The first-order chi connectivity index (χ1) is 10.4. The summed E-state index contributed by atoms with van der Waals surface area (Å²) < 4.78 is 0. The molecule has 0 amide bonds. The lowest BCUT2D eigenvalue weighted by atomic mass is 9.94. The number of halogens is 1. The molecule has 2 aromatic carbocycles. The van der Waals surface area contributed by atoms with Crippen molar-refractivity contribution in [3.8, 4) is 0 Å². The predicted octanol–water partition coefficient (Wildman–Crippen LogP) is 4.15. The summed E-state index contributed by atoms with van der Waals surface area (Å²) in [5.41, 5.74) is 2.36. The van der Waals surface area contributed by atoms with Gasteiger partial charge in [-0.05, 0) is 49.6 Å². The Balaban J connectivity index is 1.97. The molecule has 0 heterocycles. The lowest BCUT2D eigenvalue weighted by Crippen LogP contribution is -2.40. The van der Waals surface area contributed by atoms with E-state index in [2.05, 4.69) is 19.2 Å². The maximum absolute atomic E-state index is 10.8. The van der Waals surface area contributed by atoms with Gasteiger partial charge in [0.1, 0.15) is 0 Å². The zero-order valence-electron chi connectivity index (χ0n) is 12.8. The minimum absolute atomic E-state index is 0.115. The Morgan fingerprint density at radius 3 is 2.36 bits per heavy atom. The van der Waals surface area contributed by atoms with E-state index in [4.69, 9.17) is 16.7 Å². The Hall–Kier alpha value is -1.84. The SMILES string of the molecule is CC(C)(Cc1ccccc1Cl)NCc1ccc(C(=O)O)cc1. The Bertz CT molecular complexity index is 650. The van der Waals surface area contributed by atoms with Gasteiger partial charge in [-0.1, -0.05) is 41.9 Å². The van der Waals surface area contributed by atoms with Crippen molar-refractivity contribution in [1.29, 1.82) is 0 Å².